The second-order valence-electron chi connectivity index (χ2n) is 7.85. The zero-order valence-corrected chi connectivity index (χ0v) is 19.6. The van der Waals surface area contributed by atoms with Gasteiger partial charge in [-0.3, -0.25) is 9.36 Å². The van der Waals surface area contributed by atoms with Gasteiger partial charge in [0.15, 0.2) is 5.16 Å². The van der Waals surface area contributed by atoms with Crippen molar-refractivity contribution >= 4 is 17.7 Å². The van der Waals surface area contributed by atoms with E-state index in [4.69, 9.17) is 14.5 Å². The van der Waals surface area contributed by atoms with Gasteiger partial charge in [0.05, 0.1) is 31.7 Å². The number of carbonyl (C=O) groups excluding carboxylic acids is 1. The molecule has 0 fully saturated rings. The van der Waals surface area contributed by atoms with Crippen LogP contribution in [0.4, 0.5) is 0 Å². The lowest BCUT2D eigenvalue weighted by Gasteiger charge is -2.18. The Labute approximate surface area is 193 Å². The van der Waals surface area contributed by atoms with Crippen LogP contribution in [0.25, 0.3) is 5.69 Å². The van der Waals surface area contributed by atoms with Crippen LogP contribution in [0.15, 0.2) is 53.7 Å². The molecule has 32 heavy (non-hydrogen) atoms. The second kappa shape index (κ2) is 10.1. The molecule has 6 nitrogen and oxygen atoms in total. The predicted octanol–water partition coefficient (Wildman–Crippen LogP) is 4.74. The van der Waals surface area contributed by atoms with E-state index >= 15 is 0 Å². The largest absolute Gasteiger partial charge is 0.497 e. The first-order chi connectivity index (χ1) is 15.6. The molecule has 1 aliphatic rings. The number of methoxy groups -OCH3 is 2. The molecule has 1 N–H and O–H groups in total. The third kappa shape index (κ3) is 4.78. The van der Waals surface area contributed by atoms with Crippen LogP contribution < -0.4 is 14.8 Å². The van der Waals surface area contributed by atoms with E-state index in [9.17, 15) is 4.79 Å². The molecule has 1 atom stereocenters. The van der Waals surface area contributed by atoms with E-state index in [2.05, 4.69) is 22.0 Å². The van der Waals surface area contributed by atoms with Crippen LogP contribution >= 0.6 is 11.8 Å². The summed E-state index contributed by atoms with van der Waals surface area (Å²) in [5.74, 6) is 1.69. The standard InChI is InChI=1S/C25H29N3O3S/c1-17(20-15-19(30-2)13-14-23(20)31-3)26-24(29)16-32-25-27-21-11-7-8-12-22(21)28(25)18-9-5-4-6-10-18/h4-6,9-10,13-15,17H,7-8,11-12,16H2,1-3H3,(H,26,29). The molecule has 0 saturated carbocycles. The molecule has 0 spiro atoms. The van der Waals surface area contributed by atoms with E-state index in [0.717, 1.165) is 46.4 Å². The minimum Gasteiger partial charge on any atom is -0.497 e. The van der Waals surface area contributed by atoms with Crippen LogP contribution in [0.1, 0.15) is 42.8 Å². The summed E-state index contributed by atoms with van der Waals surface area (Å²) in [4.78, 5) is 17.7. The maximum Gasteiger partial charge on any atom is 0.230 e. The Morgan fingerprint density at radius 2 is 1.91 bits per heavy atom. The zero-order valence-electron chi connectivity index (χ0n) is 18.8. The summed E-state index contributed by atoms with van der Waals surface area (Å²) < 4.78 is 13.0. The fraction of sp³-hybridized carbons (Fsp3) is 0.360. The van der Waals surface area contributed by atoms with Crippen LogP contribution in [0, 0.1) is 0 Å². The highest BCUT2D eigenvalue weighted by molar-refractivity contribution is 7.99. The fourth-order valence-electron chi connectivity index (χ4n) is 4.12. The number of rotatable bonds is 8. The van der Waals surface area contributed by atoms with E-state index in [1.54, 1.807) is 14.2 Å². The van der Waals surface area contributed by atoms with Crippen LogP contribution in [0.3, 0.4) is 0 Å². The second-order valence-corrected chi connectivity index (χ2v) is 8.79. The summed E-state index contributed by atoms with van der Waals surface area (Å²) in [5.41, 5.74) is 4.42. The summed E-state index contributed by atoms with van der Waals surface area (Å²) in [6.45, 7) is 1.95. The number of amides is 1. The Bertz CT molecular complexity index is 1080. The van der Waals surface area contributed by atoms with E-state index < -0.39 is 0 Å². The molecule has 3 aromatic rings. The predicted molar refractivity (Wildman–Crippen MR) is 127 cm³/mol. The molecule has 0 saturated heterocycles. The Morgan fingerprint density at radius 1 is 1.12 bits per heavy atom. The summed E-state index contributed by atoms with van der Waals surface area (Å²) in [7, 11) is 3.25. The van der Waals surface area contributed by atoms with Crippen molar-refractivity contribution in [3.8, 4) is 17.2 Å². The molecule has 0 aliphatic heterocycles. The maximum atomic E-state index is 12.8. The summed E-state index contributed by atoms with van der Waals surface area (Å²) in [5, 5.41) is 3.96. The van der Waals surface area contributed by atoms with Crippen molar-refractivity contribution in [3.05, 3.63) is 65.5 Å². The number of ether oxygens (including phenoxy) is 2. The maximum absolute atomic E-state index is 12.8. The van der Waals surface area contributed by atoms with Gasteiger partial charge in [0.25, 0.3) is 0 Å². The molecule has 1 unspecified atom stereocenters. The minimum absolute atomic E-state index is 0.0482. The number of hydrogen-bond acceptors (Lipinski definition) is 5. The number of para-hydroxylation sites is 1. The molecule has 0 bridgehead atoms. The minimum atomic E-state index is -0.213. The molecular formula is C25H29N3O3S. The SMILES string of the molecule is COc1ccc(OC)c(C(C)NC(=O)CSc2nc3c(n2-c2ccccc2)CCCC3)c1. The van der Waals surface area contributed by atoms with Gasteiger partial charge < -0.3 is 14.8 Å². The molecule has 2 aromatic carbocycles. The van der Waals surface area contributed by atoms with Gasteiger partial charge in [-0.15, -0.1) is 0 Å². The number of carbonyl (C=O) groups is 1. The van der Waals surface area contributed by atoms with Gasteiger partial charge in [-0.2, -0.15) is 0 Å². The first kappa shape index (κ1) is 22.3. The van der Waals surface area contributed by atoms with Gasteiger partial charge in [0.2, 0.25) is 5.91 Å². The number of hydrogen-bond donors (Lipinski definition) is 1. The van der Waals surface area contributed by atoms with Crippen molar-refractivity contribution in [1.29, 1.82) is 0 Å². The number of benzene rings is 2. The zero-order chi connectivity index (χ0) is 22.5. The third-order valence-electron chi connectivity index (χ3n) is 5.73. The molecule has 1 heterocycles. The third-order valence-corrected chi connectivity index (χ3v) is 6.67. The molecule has 1 aliphatic carbocycles. The van der Waals surface area contributed by atoms with E-state index in [0.29, 0.717) is 5.75 Å². The lowest BCUT2D eigenvalue weighted by molar-refractivity contribution is -0.119. The number of aryl methyl sites for hydroxylation is 1. The van der Waals surface area contributed by atoms with Gasteiger partial charge in [0.1, 0.15) is 11.5 Å². The number of fused-ring (bicyclic) bond motifs is 1. The number of nitrogens with one attached hydrogen (secondary N) is 1. The molecule has 4 rings (SSSR count). The van der Waals surface area contributed by atoms with Crippen molar-refractivity contribution in [1.82, 2.24) is 14.9 Å². The number of thioether (sulfide) groups is 1. The van der Waals surface area contributed by atoms with Crippen molar-refractivity contribution in [2.75, 3.05) is 20.0 Å². The topological polar surface area (TPSA) is 65.4 Å². The van der Waals surface area contributed by atoms with Gasteiger partial charge in [-0.1, -0.05) is 30.0 Å². The average molecular weight is 452 g/mol. The van der Waals surface area contributed by atoms with E-state index in [1.807, 2.05) is 43.3 Å². The lowest BCUT2D eigenvalue weighted by atomic mass is 10.0. The molecule has 1 aromatic heterocycles. The van der Waals surface area contributed by atoms with Crippen LogP contribution in [-0.4, -0.2) is 35.4 Å². The molecule has 168 valence electrons. The Balaban J connectivity index is 1.49. The highest BCUT2D eigenvalue weighted by Crippen LogP contribution is 2.32. The van der Waals surface area contributed by atoms with Gasteiger partial charge in [0, 0.05) is 16.9 Å². The lowest BCUT2D eigenvalue weighted by Crippen LogP contribution is -2.28. The molecular weight excluding hydrogens is 422 g/mol. The molecule has 7 heteroatoms. The smallest absolute Gasteiger partial charge is 0.230 e. The van der Waals surface area contributed by atoms with E-state index in [-0.39, 0.29) is 11.9 Å². The fourth-order valence-corrected chi connectivity index (χ4v) is 4.99. The van der Waals surface area contributed by atoms with Crippen molar-refractivity contribution < 1.29 is 14.3 Å². The Kier molecular flexibility index (Phi) is 7.05. The molecule has 1 amide bonds. The van der Waals surface area contributed by atoms with Gasteiger partial charge in [-0.25, -0.2) is 4.98 Å². The molecule has 0 radical (unpaired) electrons. The van der Waals surface area contributed by atoms with Crippen molar-refractivity contribution in [2.45, 2.75) is 43.8 Å². The van der Waals surface area contributed by atoms with Crippen LogP contribution in [-0.2, 0) is 17.6 Å². The Hall–Kier alpha value is -2.93. The average Bonchev–Trinajstić information content (AvgIpc) is 3.21. The van der Waals surface area contributed by atoms with Crippen LogP contribution in [0.2, 0.25) is 0 Å². The quantitative estimate of drug-likeness (QED) is 0.501. The highest BCUT2D eigenvalue weighted by Gasteiger charge is 2.22. The van der Waals surface area contributed by atoms with Gasteiger partial charge in [-0.05, 0) is 62.9 Å². The van der Waals surface area contributed by atoms with Crippen molar-refractivity contribution in [3.63, 3.8) is 0 Å². The summed E-state index contributed by atoms with van der Waals surface area (Å²) >= 11 is 1.48. The van der Waals surface area contributed by atoms with Gasteiger partial charge >= 0.3 is 0 Å². The normalized spacial score (nSPS) is 13.8. The highest BCUT2D eigenvalue weighted by atomic mass is 32.2. The summed E-state index contributed by atoms with van der Waals surface area (Å²) in [6, 6.07) is 15.7. The monoisotopic (exact) mass is 451 g/mol. The summed E-state index contributed by atoms with van der Waals surface area (Å²) in [6.07, 6.45) is 4.37. The van der Waals surface area contributed by atoms with E-state index in [1.165, 1.54) is 30.3 Å². The first-order valence-electron chi connectivity index (χ1n) is 10.9. The Morgan fingerprint density at radius 3 is 2.66 bits per heavy atom. The van der Waals surface area contributed by atoms with Crippen LogP contribution in [0.5, 0.6) is 11.5 Å². The first-order valence-corrected chi connectivity index (χ1v) is 11.9. The van der Waals surface area contributed by atoms with Crippen molar-refractivity contribution in [2.24, 2.45) is 0 Å². The number of aromatic nitrogens is 2. The number of imidazole rings is 1. The number of nitrogens with zero attached hydrogens (tertiary/aromatic N) is 2.